The van der Waals surface area contributed by atoms with Gasteiger partial charge in [-0.15, -0.1) is 0 Å². The maximum atomic E-state index is 12.3. The topological polar surface area (TPSA) is 72.0 Å². The third-order valence-corrected chi connectivity index (χ3v) is 8.69. The average molecular weight is 550 g/mol. The van der Waals surface area contributed by atoms with E-state index in [1.54, 1.807) is 13.8 Å². The fourth-order valence-electron chi connectivity index (χ4n) is 6.05. The zero-order valence-electron chi connectivity index (χ0n) is 25.3. The quantitative estimate of drug-likeness (QED) is 0.276. The van der Waals surface area contributed by atoms with Gasteiger partial charge in [0.15, 0.2) is 5.92 Å². The molecule has 1 aromatic carbocycles. The molecule has 7 nitrogen and oxygen atoms in total. The highest BCUT2D eigenvalue weighted by molar-refractivity contribution is 5.94. The summed E-state index contributed by atoms with van der Waals surface area (Å²) in [5.74, 6) is -0.793. The highest BCUT2D eigenvalue weighted by atomic mass is 16.6. The van der Waals surface area contributed by atoms with Gasteiger partial charge in [-0.2, -0.15) is 0 Å². The van der Waals surface area contributed by atoms with Crippen LogP contribution in [0, 0.1) is 5.92 Å². The number of benzene rings is 1. The second kappa shape index (κ2) is 12.7. The van der Waals surface area contributed by atoms with Crippen LogP contribution in [0.2, 0.25) is 0 Å². The van der Waals surface area contributed by atoms with Crippen LogP contribution in [0.5, 0.6) is 0 Å². The molecule has 2 aromatic rings. The number of anilines is 1. The molecule has 0 bridgehead atoms. The van der Waals surface area contributed by atoms with Crippen LogP contribution >= 0.6 is 0 Å². The van der Waals surface area contributed by atoms with Gasteiger partial charge < -0.3 is 14.4 Å². The van der Waals surface area contributed by atoms with Crippen LogP contribution in [-0.2, 0) is 29.9 Å². The van der Waals surface area contributed by atoms with Crippen molar-refractivity contribution in [3.63, 3.8) is 0 Å². The van der Waals surface area contributed by atoms with Crippen molar-refractivity contribution < 1.29 is 19.1 Å². The first-order chi connectivity index (χ1) is 19.1. The highest BCUT2D eigenvalue weighted by Crippen LogP contribution is 2.46. The van der Waals surface area contributed by atoms with Crippen LogP contribution in [0.4, 0.5) is 5.82 Å². The number of piperazine rings is 1. The van der Waals surface area contributed by atoms with E-state index in [9.17, 15) is 9.59 Å². The Labute approximate surface area is 240 Å². The number of rotatable bonds is 10. The summed E-state index contributed by atoms with van der Waals surface area (Å²) in [5.41, 5.74) is 5.50. The Morgan fingerprint density at radius 2 is 1.50 bits per heavy atom. The maximum absolute atomic E-state index is 12.3. The van der Waals surface area contributed by atoms with Gasteiger partial charge in [-0.3, -0.25) is 14.5 Å². The van der Waals surface area contributed by atoms with E-state index >= 15 is 0 Å². The molecule has 0 spiro atoms. The predicted molar refractivity (Wildman–Crippen MR) is 160 cm³/mol. The Balaban J connectivity index is 1.36. The Hall–Kier alpha value is -2.93. The molecule has 1 fully saturated rings. The molecule has 0 saturated carbocycles. The molecule has 2 heterocycles. The lowest BCUT2D eigenvalue weighted by Gasteiger charge is -2.42. The van der Waals surface area contributed by atoms with E-state index in [0.717, 1.165) is 50.7 Å². The van der Waals surface area contributed by atoms with E-state index in [0.29, 0.717) is 6.42 Å². The second-order valence-electron chi connectivity index (χ2n) is 12.4. The molecule has 0 atom stereocenters. The molecule has 40 heavy (non-hydrogen) atoms. The molecule has 1 aromatic heterocycles. The zero-order valence-corrected chi connectivity index (χ0v) is 25.3. The van der Waals surface area contributed by atoms with Crippen molar-refractivity contribution in [1.29, 1.82) is 0 Å². The molecule has 1 saturated heterocycles. The fraction of sp³-hybridized carbons (Fsp3) is 0.606. The third-order valence-electron chi connectivity index (χ3n) is 8.69. The Morgan fingerprint density at radius 3 is 2.12 bits per heavy atom. The van der Waals surface area contributed by atoms with Gasteiger partial charge in [0.25, 0.3) is 0 Å². The Morgan fingerprint density at radius 1 is 0.875 bits per heavy atom. The van der Waals surface area contributed by atoms with Crippen LogP contribution in [0.1, 0.15) is 78.4 Å². The number of carbonyl (C=O) groups excluding carboxylic acids is 2. The van der Waals surface area contributed by atoms with Gasteiger partial charge in [-0.1, -0.05) is 45.9 Å². The lowest BCUT2D eigenvalue weighted by atomic mass is 9.63. The first-order valence-electron chi connectivity index (χ1n) is 15.0. The molecule has 0 radical (unpaired) electrons. The standard InChI is InChI=1S/C33H47N3O4/c1-7-39-30(37)25(31(38)40-8-2)11-10-18-35-19-21-36(22-20-35)29-13-9-12-28(34-29)24-14-15-26-27(23-24)33(5,6)17-16-32(26,3)4/h9,12-15,23,25H,7-8,10-11,16-22H2,1-6H3. The van der Waals surface area contributed by atoms with Gasteiger partial charge in [-0.05, 0) is 86.2 Å². The van der Waals surface area contributed by atoms with Crippen LogP contribution in [0.25, 0.3) is 11.3 Å². The van der Waals surface area contributed by atoms with E-state index in [1.165, 1.54) is 29.5 Å². The number of nitrogens with zero attached hydrogens (tertiary/aromatic N) is 3. The number of pyridine rings is 1. The van der Waals surface area contributed by atoms with Gasteiger partial charge in [0.05, 0.1) is 18.9 Å². The summed E-state index contributed by atoms with van der Waals surface area (Å²) >= 11 is 0. The zero-order chi connectivity index (χ0) is 28.9. The third kappa shape index (κ3) is 6.85. The van der Waals surface area contributed by atoms with Crippen molar-refractivity contribution >= 4 is 17.8 Å². The van der Waals surface area contributed by atoms with Gasteiger partial charge in [-0.25, -0.2) is 4.98 Å². The molecular formula is C33H47N3O4. The number of ether oxygens (including phenoxy) is 2. The van der Waals surface area contributed by atoms with Gasteiger partial charge >= 0.3 is 11.9 Å². The molecule has 4 rings (SSSR count). The van der Waals surface area contributed by atoms with Crippen molar-refractivity contribution in [2.24, 2.45) is 5.92 Å². The van der Waals surface area contributed by atoms with Gasteiger partial charge in [0.1, 0.15) is 5.82 Å². The molecular weight excluding hydrogens is 502 g/mol. The number of hydrogen-bond acceptors (Lipinski definition) is 7. The Bertz CT molecular complexity index is 1170. The van der Waals surface area contributed by atoms with Crippen molar-refractivity contribution in [3.8, 4) is 11.3 Å². The van der Waals surface area contributed by atoms with Crippen molar-refractivity contribution in [2.45, 2.75) is 78.1 Å². The maximum Gasteiger partial charge on any atom is 0.320 e. The molecule has 0 amide bonds. The number of hydrogen-bond donors (Lipinski definition) is 0. The Kier molecular flexibility index (Phi) is 9.55. The minimum Gasteiger partial charge on any atom is -0.465 e. The number of esters is 2. The van der Waals surface area contributed by atoms with Crippen LogP contribution in [0.15, 0.2) is 36.4 Å². The summed E-state index contributed by atoms with van der Waals surface area (Å²) in [6.45, 7) is 17.9. The van der Waals surface area contributed by atoms with E-state index in [4.69, 9.17) is 14.5 Å². The van der Waals surface area contributed by atoms with Crippen LogP contribution < -0.4 is 4.90 Å². The summed E-state index contributed by atoms with van der Waals surface area (Å²) in [7, 11) is 0. The molecule has 218 valence electrons. The minimum absolute atomic E-state index is 0.168. The number of fused-ring (bicyclic) bond motifs is 1. The summed E-state index contributed by atoms with van der Waals surface area (Å²) in [6, 6.07) is 13.3. The summed E-state index contributed by atoms with van der Waals surface area (Å²) in [5, 5.41) is 0. The predicted octanol–water partition coefficient (Wildman–Crippen LogP) is 5.74. The molecule has 1 aliphatic carbocycles. The normalized spacial score (nSPS) is 18.3. The number of carbonyl (C=O) groups is 2. The van der Waals surface area contributed by atoms with E-state index in [-0.39, 0.29) is 24.0 Å². The van der Waals surface area contributed by atoms with Gasteiger partial charge in [0, 0.05) is 31.7 Å². The summed E-state index contributed by atoms with van der Waals surface area (Å²) < 4.78 is 10.2. The monoisotopic (exact) mass is 549 g/mol. The van der Waals surface area contributed by atoms with E-state index in [2.05, 4.69) is 73.9 Å². The van der Waals surface area contributed by atoms with Crippen LogP contribution in [0.3, 0.4) is 0 Å². The lowest BCUT2D eigenvalue weighted by Crippen LogP contribution is -2.47. The smallest absolute Gasteiger partial charge is 0.320 e. The molecule has 2 aliphatic rings. The second-order valence-corrected chi connectivity index (χ2v) is 12.4. The van der Waals surface area contributed by atoms with E-state index in [1.807, 2.05) is 0 Å². The molecule has 1 aliphatic heterocycles. The van der Waals surface area contributed by atoms with Crippen molar-refractivity contribution in [3.05, 3.63) is 47.5 Å². The van der Waals surface area contributed by atoms with Crippen molar-refractivity contribution in [1.82, 2.24) is 9.88 Å². The van der Waals surface area contributed by atoms with Crippen molar-refractivity contribution in [2.75, 3.05) is 50.8 Å². The SMILES string of the molecule is CCOC(=O)C(CCCN1CCN(c2cccc(-c3ccc4c(c3)C(C)(C)CCC4(C)C)n2)CC1)C(=O)OCC. The van der Waals surface area contributed by atoms with Gasteiger partial charge in [0.2, 0.25) is 0 Å². The molecule has 0 unspecified atom stereocenters. The van der Waals surface area contributed by atoms with Crippen LogP contribution in [-0.4, -0.2) is 67.8 Å². The number of aromatic nitrogens is 1. The highest BCUT2D eigenvalue weighted by Gasteiger charge is 2.37. The minimum atomic E-state index is -0.839. The summed E-state index contributed by atoms with van der Waals surface area (Å²) in [6.07, 6.45) is 3.59. The molecule has 7 heteroatoms. The fourth-order valence-corrected chi connectivity index (χ4v) is 6.05. The first-order valence-corrected chi connectivity index (χ1v) is 15.0. The summed E-state index contributed by atoms with van der Waals surface area (Å²) in [4.78, 5) is 34.3. The molecule has 0 N–H and O–H groups in total. The largest absolute Gasteiger partial charge is 0.465 e. The first kappa shape index (κ1) is 30.0. The average Bonchev–Trinajstić information content (AvgIpc) is 2.94. The lowest BCUT2D eigenvalue weighted by molar-refractivity contribution is -0.162. The van der Waals surface area contributed by atoms with E-state index < -0.39 is 17.9 Å².